The number of nitrogens with zero attached hydrogens (tertiary/aromatic N) is 1. The van der Waals surface area contributed by atoms with Gasteiger partial charge in [-0.1, -0.05) is 30.4 Å². The average molecular weight is 350 g/mol. The molecule has 24 heavy (non-hydrogen) atoms. The number of para-hydroxylation sites is 1. The number of hydrogen-bond acceptors (Lipinski definition) is 6. The van der Waals surface area contributed by atoms with Crippen molar-refractivity contribution in [3.05, 3.63) is 42.1 Å². The van der Waals surface area contributed by atoms with Crippen molar-refractivity contribution in [3.8, 4) is 5.75 Å². The first-order valence-corrected chi connectivity index (χ1v) is 8.13. The van der Waals surface area contributed by atoms with Crippen molar-refractivity contribution in [1.29, 1.82) is 0 Å². The monoisotopic (exact) mass is 350 g/mol. The van der Waals surface area contributed by atoms with Crippen molar-refractivity contribution in [2.45, 2.75) is 20.8 Å². The van der Waals surface area contributed by atoms with E-state index in [1.165, 1.54) is 0 Å². The molecule has 130 valence electrons. The van der Waals surface area contributed by atoms with Crippen LogP contribution in [0, 0.1) is 0 Å². The summed E-state index contributed by atoms with van der Waals surface area (Å²) in [6.45, 7) is 7.19. The normalized spacial score (nSPS) is 10.7. The second-order valence-electron chi connectivity index (χ2n) is 4.64. The molecule has 7 heteroatoms. The summed E-state index contributed by atoms with van der Waals surface area (Å²) in [6, 6.07) is 8.57. The summed E-state index contributed by atoms with van der Waals surface area (Å²) in [7, 11) is 0. The molecule has 0 atom stereocenters. The van der Waals surface area contributed by atoms with Gasteiger partial charge in [-0.15, -0.1) is 0 Å². The lowest BCUT2D eigenvalue weighted by Crippen LogP contribution is -2.36. The number of rotatable bonds is 7. The predicted octanol–water partition coefficient (Wildman–Crippen LogP) is 2.89. The maximum atomic E-state index is 12.1. The van der Waals surface area contributed by atoms with Gasteiger partial charge in [0.25, 0.3) is 0 Å². The van der Waals surface area contributed by atoms with E-state index in [1.54, 1.807) is 43.5 Å². The van der Waals surface area contributed by atoms with Gasteiger partial charge in [0.2, 0.25) is 0 Å². The van der Waals surface area contributed by atoms with Crippen molar-refractivity contribution < 1.29 is 19.1 Å². The Hall–Kier alpha value is -2.41. The topological polar surface area (TPSA) is 67.9 Å². The number of esters is 1. The molecular weight excluding hydrogens is 328 g/mol. The number of nitrogens with one attached hydrogen (secondary N) is 1. The zero-order valence-electron chi connectivity index (χ0n) is 14.1. The van der Waals surface area contributed by atoms with E-state index in [9.17, 15) is 9.59 Å². The molecule has 0 bridgehead atoms. The average Bonchev–Trinajstić information content (AvgIpc) is 2.56. The number of hydrogen-bond donors (Lipinski definition) is 1. The Morgan fingerprint density at radius 3 is 2.33 bits per heavy atom. The van der Waals surface area contributed by atoms with Gasteiger partial charge < -0.3 is 14.4 Å². The van der Waals surface area contributed by atoms with E-state index >= 15 is 0 Å². The van der Waals surface area contributed by atoms with Crippen LogP contribution in [-0.2, 0) is 9.53 Å². The van der Waals surface area contributed by atoms with Crippen LogP contribution in [0.25, 0.3) is 0 Å². The quantitative estimate of drug-likeness (QED) is 0.463. The van der Waals surface area contributed by atoms with Crippen LogP contribution in [0.5, 0.6) is 5.75 Å². The Morgan fingerprint density at radius 2 is 1.79 bits per heavy atom. The molecule has 0 unspecified atom stereocenters. The predicted molar refractivity (Wildman–Crippen MR) is 95.8 cm³/mol. The van der Waals surface area contributed by atoms with Crippen LogP contribution >= 0.6 is 12.2 Å². The van der Waals surface area contributed by atoms with Crippen LogP contribution in [0.4, 0.5) is 4.79 Å². The largest absolute Gasteiger partial charge is 0.462 e. The van der Waals surface area contributed by atoms with E-state index in [0.29, 0.717) is 18.8 Å². The summed E-state index contributed by atoms with van der Waals surface area (Å²) in [5, 5.41) is 2.40. The minimum atomic E-state index is -0.763. The van der Waals surface area contributed by atoms with E-state index in [1.807, 2.05) is 18.7 Å². The molecule has 0 saturated carbocycles. The van der Waals surface area contributed by atoms with E-state index < -0.39 is 12.1 Å². The van der Waals surface area contributed by atoms with Crippen molar-refractivity contribution in [2.24, 2.45) is 0 Å². The summed E-state index contributed by atoms with van der Waals surface area (Å²) in [5.74, 6) is -0.211. The highest BCUT2D eigenvalue weighted by Gasteiger charge is 2.20. The fraction of sp³-hybridized carbons (Fsp3) is 0.353. The molecule has 0 heterocycles. The van der Waals surface area contributed by atoms with Gasteiger partial charge in [0, 0.05) is 19.3 Å². The zero-order valence-corrected chi connectivity index (χ0v) is 14.9. The molecule has 6 nitrogen and oxygen atoms in total. The highest BCUT2D eigenvalue weighted by atomic mass is 32.1. The number of carbonyl (C=O) groups is 2. The summed E-state index contributed by atoms with van der Waals surface area (Å²) in [4.78, 5) is 25.9. The summed E-state index contributed by atoms with van der Waals surface area (Å²) < 4.78 is 10.1. The van der Waals surface area contributed by atoms with Gasteiger partial charge in [0.05, 0.1) is 6.61 Å². The van der Waals surface area contributed by atoms with E-state index in [-0.39, 0.29) is 17.2 Å². The Kier molecular flexibility index (Phi) is 8.49. The lowest BCUT2D eigenvalue weighted by atomic mass is 10.2. The van der Waals surface area contributed by atoms with Gasteiger partial charge in [-0.3, -0.25) is 5.32 Å². The van der Waals surface area contributed by atoms with Crippen LogP contribution in [0.2, 0.25) is 0 Å². The molecule has 1 aromatic rings. The molecule has 0 radical (unpaired) electrons. The SMILES string of the molecule is CCOC(=O)C(=CN(CC)CC)C(=S)NC(=O)Oc1ccccc1. The van der Waals surface area contributed by atoms with Crippen molar-refractivity contribution in [3.63, 3.8) is 0 Å². The third-order valence-electron chi connectivity index (χ3n) is 3.03. The molecule has 0 spiro atoms. The third-order valence-corrected chi connectivity index (χ3v) is 3.36. The Labute approximate surface area is 147 Å². The molecular formula is C17H22N2O4S. The van der Waals surface area contributed by atoms with E-state index in [2.05, 4.69) is 5.32 Å². The van der Waals surface area contributed by atoms with Gasteiger partial charge in [0.1, 0.15) is 16.3 Å². The third kappa shape index (κ3) is 6.37. The summed E-state index contributed by atoms with van der Waals surface area (Å²) >= 11 is 5.16. The van der Waals surface area contributed by atoms with Gasteiger partial charge in [-0.2, -0.15) is 0 Å². The number of thiocarbonyl (C=S) groups is 1. The molecule has 0 fully saturated rings. The van der Waals surface area contributed by atoms with Crippen molar-refractivity contribution in [2.75, 3.05) is 19.7 Å². The van der Waals surface area contributed by atoms with Crippen molar-refractivity contribution in [1.82, 2.24) is 10.2 Å². The maximum Gasteiger partial charge on any atom is 0.417 e. The first-order chi connectivity index (χ1) is 11.5. The molecule has 0 aromatic heterocycles. The summed E-state index contributed by atoms with van der Waals surface area (Å²) in [5.41, 5.74) is 0.112. The lowest BCUT2D eigenvalue weighted by Gasteiger charge is -2.18. The van der Waals surface area contributed by atoms with Crippen LogP contribution in [0.1, 0.15) is 20.8 Å². The van der Waals surface area contributed by atoms with E-state index in [4.69, 9.17) is 21.7 Å². The fourth-order valence-electron chi connectivity index (χ4n) is 1.78. The van der Waals surface area contributed by atoms with E-state index in [0.717, 1.165) is 0 Å². The molecule has 1 amide bonds. The number of ether oxygens (including phenoxy) is 2. The van der Waals surface area contributed by atoms with Crippen LogP contribution in [0.3, 0.4) is 0 Å². The zero-order chi connectivity index (χ0) is 17.9. The minimum absolute atomic E-state index is 0.0405. The Balaban J connectivity index is 2.83. The van der Waals surface area contributed by atoms with Crippen molar-refractivity contribution >= 4 is 29.3 Å². The molecule has 1 aromatic carbocycles. The number of benzene rings is 1. The Morgan fingerprint density at radius 1 is 1.17 bits per heavy atom. The molecule has 1 rings (SSSR count). The molecule has 0 aliphatic heterocycles. The number of carbonyl (C=O) groups excluding carboxylic acids is 2. The second-order valence-corrected chi connectivity index (χ2v) is 5.05. The lowest BCUT2D eigenvalue weighted by molar-refractivity contribution is -0.137. The molecule has 0 aliphatic carbocycles. The standard InChI is InChI=1S/C17H22N2O4S/c1-4-19(5-2)12-14(16(20)22-6-3)15(24)18-17(21)23-13-10-8-7-9-11-13/h7-12H,4-6H2,1-3H3,(H,18,21,24). The maximum absolute atomic E-state index is 12.1. The first kappa shape index (κ1) is 19.6. The highest BCUT2D eigenvalue weighted by molar-refractivity contribution is 7.80. The van der Waals surface area contributed by atoms with Crippen LogP contribution < -0.4 is 10.1 Å². The van der Waals surface area contributed by atoms with Crippen LogP contribution in [0.15, 0.2) is 42.1 Å². The van der Waals surface area contributed by atoms with Crippen LogP contribution in [-0.4, -0.2) is 41.6 Å². The number of amides is 1. The fourth-order valence-corrected chi connectivity index (χ4v) is 2.00. The van der Waals surface area contributed by atoms with Gasteiger partial charge in [-0.25, -0.2) is 9.59 Å². The van der Waals surface area contributed by atoms with Gasteiger partial charge in [0.15, 0.2) is 0 Å². The molecule has 0 aliphatic rings. The smallest absolute Gasteiger partial charge is 0.417 e. The molecule has 0 saturated heterocycles. The van der Waals surface area contributed by atoms with Gasteiger partial charge >= 0.3 is 12.1 Å². The summed E-state index contributed by atoms with van der Waals surface area (Å²) in [6.07, 6.45) is 0.823. The minimum Gasteiger partial charge on any atom is -0.462 e. The van der Waals surface area contributed by atoms with Gasteiger partial charge in [-0.05, 0) is 32.9 Å². The second kappa shape index (κ2) is 10.4. The highest BCUT2D eigenvalue weighted by Crippen LogP contribution is 2.09. The molecule has 1 N–H and O–H groups in total. The first-order valence-electron chi connectivity index (χ1n) is 7.72. The Bertz CT molecular complexity index is 598.